The number of nitrogens with zero attached hydrogens (tertiary/aromatic N) is 2. The highest BCUT2D eigenvalue weighted by molar-refractivity contribution is 5.43. The minimum atomic E-state index is 0.276. The molecule has 6 nitrogen and oxygen atoms in total. The van der Waals surface area contributed by atoms with E-state index < -0.39 is 0 Å². The Balaban J connectivity index is 1.35. The van der Waals surface area contributed by atoms with E-state index in [1.54, 1.807) is 0 Å². The van der Waals surface area contributed by atoms with Crippen molar-refractivity contribution in [2.75, 3.05) is 65.8 Å². The van der Waals surface area contributed by atoms with E-state index in [4.69, 9.17) is 18.9 Å². The van der Waals surface area contributed by atoms with Gasteiger partial charge in [0.15, 0.2) is 11.5 Å². The van der Waals surface area contributed by atoms with Gasteiger partial charge in [0.05, 0.1) is 19.3 Å². The second-order valence-corrected chi connectivity index (χ2v) is 6.97. The number of rotatable bonds is 4. The third-order valence-corrected chi connectivity index (χ3v) is 5.01. The molecule has 25 heavy (non-hydrogen) atoms. The van der Waals surface area contributed by atoms with Crippen LogP contribution in [0.3, 0.4) is 0 Å². The molecule has 2 saturated heterocycles. The van der Waals surface area contributed by atoms with Crippen LogP contribution in [-0.4, -0.2) is 81.7 Å². The lowest BCUT2D eigenvalue weighted by Crippen LogP contribution is -2.44. The number of ether oxygens (including phenoxy) is 4. The predicted octanol–water partition coefficient (Wildman–Crippen LogP) is 1.38. The summed E-state index contributed by atoms with van der Waals surface area (Å²) in [6, 6.07) is 6.30. The van der Waals surface area contributed by atoms with E-state index in [0.29, 0.717) is 13.2 Å². The lowest BCUT2D eigenvalue weighted by molar-refractivity contribution is -0.0123. The molecule has 1 unspecified atom stereocenters. The van der Waals surface area contributed by atoms with E-state index in [9.17, 15) is 0 Å². The number of hydrogen-bond acceptors (Lipinski definition) is 6. The van der Waals surface area contributed by atoms with Crippen molar-refractivity contribution in [1.29, 1.82) is 0 Å². The first kappa shape index (κ1) is 17.1. The largest absolute Gasteiger partial charge is 0.486 e. The molecule has 6 heteroatoms. The van der Waals surface area contributed by atoms with Gasteiger partial charge < -0.3 is 18.9 Å². The van der Waals surface area contributed by atoms with Crippen molar-refractivity contribution in [3.05, 3.63) is 23.8 Å². The van der Waals surface area contributed by atoms with Crippen LogP contribution in [0.1, 0.15) is 12.0 Å². The Hall–Kier alpha value is -1.34. The third-order valence-electron chi connectivity index (χ3n) is 5.01. The summed E-state index contributed by atoms with van der Waals surface area (Å²) in [6.45, 7) is 9.83. The van der Waals surface area contributed by atoms with E-state index in [2.05, 4.69) is 21.9 Å². The zero-order valence-electron chi connectivity index (χ0n) is 14.8. The van der Waals surface area contributed by atoms with Crippen LogP contribution in [0.4, 0.5) is 0 Å². The highest BCUT2D eigenvalue weighted by Gasteiger charge is 2.23. The molecule has 2 fully saturated rings. The monoisotopic (exact) mass is 348 g/mol. The van der Waals surface area contributed by atoms with Gasteiger partial charge in [0.25, 0.3) is 0 Å². The van der Waals surface area contributed by atoms with Crippen molar-refractivity contribution >= 4 is 0 Å². The summed E-state index contributed by atoms with van der Waals surface area (Å²) in [7, 11) is 0. The molecule has 0 bridgehead atoms. The Morgan fingerprint density at radius 3 is 2.60 bits per heavy atom. The van der Waals surface area contributed by atoms with Gasteiger partial charge in [0.1, 0.15) is 13.2 Å². The van der Waals surface area contributed by atoms with Crippen molar-refractivity contribution in [3.63, 3.8) is 0 Å². The maximum Gasteiger partial charge on any atom is 0.161 e. The van der Waals surface area contributed by atoms with Crippen LogP contribution < -0.4 is 9.47 Å². The lowest BCUT2D eigenvalue weighted by atomic mass is 10.1. The molecule has 1 aromatic carbocycles. The average Bonchev–Trinajstić information content (AvgIpc) is 2.87. The number of hydrogen-bond donors (Lipinski definition) is 0. The molecular formula is C19H28N2O4. The second-order valence-electron chi connectivity index (χ2n) is 6.97. The van der Waals surface area contributed by atoms with Crippen LogP contribution in [0, 0.1) is 0 Å². The summed E-state index contributed by atoms with van der Waals surface area (Å²) in [6.07, 6.45) is 1.36. The lowest BCUT2D eigenvalue weighted by Gasteiger charge is -2.31. The highest BCUT2D eigenvalue weighted by atomic mass is 16.6. The van der Waals surface area contributed by atoms with Crippen molar-refractivity contribution in [3.8, 4) is 11.5 Å². The molecule has 0 aromatic heterocycles. The predicted molar refractivity (Wildman–Crippen MR) is 94.3 cm³/mol. The average molecular weight is 348 g/mol. The van der Waals surface area contributed by atoms with Crippen LogP contribution in [0.15, 0.2) is 18.2 Å². The number of benzene rings is 1. The quantitative estimate of drug-likeness (QED) is 0.819. The second kappa shape index (κ2) is 8.36. The van der Waals surface area contributed by atoms with Crippen LogP contribution in [0.25, 0.3) is 0 Å². The molecule has 0 saturated carbocycles. The molecule has 0 spiro atoms. The van der Waals surface area contributed by atoms with E-state index in [0.717, 1.165) is 77.0 Å². The number of fused-ring (bicyclic) bond motifs is 1. The van der Waals surface area contributed by atoms with Gasteiger partial charge in [0, 0.05) is 45.9 Å². The summed E-state index contributed by atoms with van der Waals surface area (Å²) in [4.78, 5) is 4.96. The minimum absolute atomic E-state index is 0.276. The zero-order valence-corrected chi connectivity index (χ0v) is 14.8. The van der Waals surface area contributed by atoms with Gasteiger partial charge in [-0.25, -0.2) is 0 Å². The minimum Gasteiger partial charge on any atom is -0.486 e. The maximum absolute atomic E-state index is 6.10. The summed E-state index contributed by atoms with van der Waals surface area (Å²) >= 11 is 0. The molecule has 3 heterocycles. The van der Waals surface area contributed by atoms with Gasteiger partial charge in [-0.05, 0) is 24.1 Å². The van der Waals surface area contributed by atoms with Gasteiger partial charge in [-0.3, -0.25) is 9.80 Å². The molecule has 3 aliphatic heterocycles. The fourth-order valence-corrected chi connectivity index (χ4v) is 3.74. The van der Waals surface area contributed by atoms with Gasteiger partial charge in [-0.2, -0.15) is 0 Å². The van der Waals surface area contributed by atoms with Gasteiger partial charge in [-0.15, -0.1) is 0 Å². The van der Waals surface area contributed by atoms with E-state index in [1.165, 1.54) is 5.56 Å². The van der Waals surface area contributed by atoms with E-state index in [1.807, 2.05) is 6.07 Å². The molecule has 0 aliphatic carbocycles. The molecule has 138 valence electrons. The van der Waals surface area contributed by atoms with Gasteiger partial charge in [0.2, 0.25) is 0 Å². The topological polar surface area (TPSA) is 43.4 Å². The molecule has 0 N–H and O–H groups in total. The SMILES string of the molecule is c1cc2c(cc1CN1CCCOC(CN3CCOCC3)C1)OCCO2. The maximum atomic E-state index is 6.10. The highest BCUT2D eigenvalue weighted by Crippen LogP contribution is 2.31. The van der Waals surface area contributed by atoms with Crippen molar-refractivity contribution in [1.82, 2.24) is 9.80 Å². The first-order valence-corrected chi connectivity index (χ1v) is 9.39. The molecular weight excluding hydrogens is 320 g/mol. The Bertz CT molecular complexity index is 562. The molecule has 3 aliphatic rings. The Morgan fingerprint density at radius 1 is 0.880 bits per heavy atom. The van der Waals surface area contributed by atoms with Crippen molar-refractivity contribution in [2.24, 2.45) is 0 Å². The zero-order chi connectivity index (χ0) is 16.9. The van der Waals surface area contributed by atoms with Gasteiger partial charge in [-0.1, -0.05) is 6.07 Å². The fraction of sp³-hybridized carbons (Fsp3) is 0.684. The molecule has 1 aromatic rings. The normalized spacial score (nSPS) is 25.5. The molecule has 1 atom stereocenters. The summed E-state index contributed by atoms with van der Waals surface area (Å²) in [5.41, 5.74) is 1.27. The third kappa shape index (κ3) is 4.64. The Morgan fingerprint density at radius 2 is 1.72 bits per heavy atom. The summed E-state index contributed by atoms with van der Waals surface area (Å²) in [5.74, 6) is 1.74. The van der Waals surface area contributed by atoms with Crippen LogP contribution in [0.2, 0.25) is 0 Å². The smallest absolute Gasteiger partial charge is 0.161 e. The first-order valence-electron chi connectivity index (χ1n) is 9.39. The Kier molecular flexibility index (Phi) is 5.72. The van der Waals surface area contributed by atoms with Crippen molar-refractivity contribution < 1.29 is 18.9 Å². The first-order chi connectivity index (χ1) is 12.4. The Labute approximate surface area is 149 Å². The summed E-state index contributed by atoms with van der Waals surface area (Å²) < 4.78 is 22.9. The fourth-order valence-electron chi connectivity index (χ4n) is 3.74. The molecule has 0 amide bonds. The van der Waals surface area contributed by atoms with E-state index in [-0.39, 0.29) is 6.10 Å². The molecule has 4 rings (SSSR count). The van der Waals surface area contributed by atoms with Crippen LogP contribution in [-0.2, 0) is 16.0 Å². The molecule has 0 radical (unpaired) electrons. The van der Waals surface area contributed by atoms with Crippen LogP contribution in [0.5, 0.6) is 11.5 Å². The number of morpholine rings is 1. The van der Waals surface area contributed by atoms with Gasteiger partial charge >= 0.3 is 0 Å². The van der Waals surface area contributed by atoms with Crippen LogP contribution >= 0.6 is 0 Å². The van der Waals surface area contributed by atoms with E-state index >= 15 is 0 Å². The standard InChI is InChI=1S/C19H28N2O4/c1-4-21(13-16-2-3-18-19(12-16)25-11-10-24-18)15-17(23-7-1)14-20-5-8-22-9-6-20/h2-3,12,17H,1,4-11,13-15H2. The summed E-state index contributed by atoms with van der Waals surface area (Å²) in [5, 5.41) is 0. The van der Waals surface area contributed by atoms with Crippen molar-refractivity contribution in [2.45, 2.75) is 19.1 Å².